The van der Waals surface area contributed by atoms with E-state index < -0.39 is 18.9 Å². The maximum Gasteiger partial charge on any atom is 0.376 e. The van der Waals surface area contributed by atoms with Crippen LogP contribution in [0.4, 0.5) is 0 Å². The first kappa shape index (κ1) is 13.1. The summed E-state index contributed by atoms with van der Waals surface area (Å²) in [6.45, 7) is 2.83. The molecule has 1 fully saturated rings. The largest absolute Gasteiger partial charge is 0.481 e. The number of benzene rings is 1. The highest BCUT2D eigenvalue weighted by atomic mass is 16.4. The van der Waals surface area contributed by atoms with Gasteiger partial charge in [-0.2, -0.15) is 0 Å². The molecule has 0 unspecified atom stereocenters. The molecule has 0 saturated carbocycles. The van der Waals surface area contributed by atoms with Gasteiger partial charge in [0.25, 0.3) is 0 Å². The molecule has 2 N–H and O–H groups in total. The molecule has 1 aromatic rings. The van der Waals surface area contributed by atoms with Crippen LogP contribution in [0.15, 0.2) is 30.3 Å². The van der Waals surface area contributed by atoms with E-state index >= 15 is 0 Å². The summed E-state index contributed by atoms with van der Waals surface area (Å²) in [7, 11) is -0.580. The highest BCUT2D eigenvalue weighted by Crippen LogP contribution is 2.33. The van der Waals surface area contributed by atoms with Crippen LogP contribution in [-0.4, -0.2) is 41.1 Å². The summed E-state index contributed by atoms with van der Waals surface area (Å²) in [5.41, 5.74) is 1.08. The predicted octanol–water partition coefficient (Wildman–Crippen LogP) is 1.29. The van der Waals surface area contributed by atoms with E-state index in [2.05, 4.69) is 0 Å². The molecule has 18 heavy (non-hydrogen) atoms. The summed E-state index contributed by atoms with van der Waals surface area (Å²) in [5, 5.41) is 18.9. The van der Waals surface area contributed by atoms with Crippen LogP contribution >= 0.6 is 0 Å². The zero-order valence-corrected chi connectivity index (χ0v) is 10.5. The Morgan fingerprint density at radius 1 is 1.39 bits per heavy atom. The average Bonchev–Trinajstić information content (AvgIpc) is 2.39. The van der Waals surface area contributed by atoms with Gasteiger partial charge in [0, 0.05) is 6.54 Å². The monoisotopic (exact) mass is 247 g/mol. The number of hydrogen-bond donors (Lipinski definition) is 2. The summed E-state index contributed by atoms with van der Waals surface area (Å²) in [5.74, 6) is -1.19. The smallest absolute Gasteiger partial charge is 0.376 e. The second-order valence-corrected chi connectivity index (χ2v) is 4.88. The van der Waals surface area contributed by atoms with Gasteiger partial charge < -0.3 is 14.9 Å². The SMILES string of the molecule is CB(O)N1CC[C@@H](c2ccccc2)[C@@H](C(=O)O)C1. The molecule has 1 aliphatic heterocycles. The Labute approximate surface area is 107 Å². The molecule has 96 valence electrons. The molecular weight excluding hydrogens is 229 g/mol. The first-order chi connectivity index (χ1) is 8.59. The van der Waals surface area contributed by atoms with Gasteiger partial charge in [0.15, 0.2) is 0 Å². The van der Waals surface area contributed by atoms with Crippen molar-refractivity contribution in [3.63, 3.8) is 0 Å². The quantitative estimate of drug-likeness (QED) is 0.790. The van der Waals surface area contributed by atoms with E-state index in [0.717, 1.165) is 18.5 Å². The van der Waals surface area contributed by atoms with Crippen LogP contribution in [0, 0.1) is 5.92 Å². The number of aliphatic carboxylic acids is 1. The lowest BCUT2D eigenvalue weighted by Crippen LogP contribution is -2.48. The van der Waals surface area contributed by atoms with Crippen molar-refractivity contribution in [1.29, 1.82) is 0 Å². The van der Waals surface area contributed by atoms with Crippen LogP contribution < -0.4 is 0 Å². The number of piperidine rings is 1. The normalized spacial score (nSPS) is 24.8. The van der Waals surface area contributed by atoms with Gasteiger partial charge in [-0.25, -0.2) is 0 Å². The van der Waals surface area contributed by atoms with Crippen molar-refractivity contribution in [1.82, 2.24) is 4.81 Å². The van der Waals surface area contributed by atoms with Crippen LogP contribution in [0.3, 0.4) is 0 Å². The molecule has 2 atom stereocenters. The lowest BCUT2D eigenvalue weighted by atomic mass is 9.74. The molecule has 0 radical (unpaired) electrons. The molecular formula is C13H18BNO3. The lowest BCUT2D eigenvalue weighted by Gasteiger charge is -2.37. The van der Waals surface area contributed by atoms with Gasteiger partial charge in [0.1, 0.15) is 0 Å². The third-order valence-electron chi connectivity index (χ3n) is 3.72. The Balaban J connectivity index is 2.19. The fourth-order valence-electron chi connectivity index (χ4n) is 2.67. The first-order valence-corrected chi connectivity index (χ1v) is 6.29. The van der Waals surface area contributed by atoms with Gasteiger partial charge in [0.2, 0.25) is 0 Å². The van der Waals surface area contributed by atoms with E-state index in [1.54, 1.807) is 6.82 Å². The topological polar surface area (TPSA) is 60.8 Å². The van der Waals surface area contributed by atoms with Crippen molar-refractivity contribution in [2.75, 3.05) is 13.1 Å². The fraction of sp³-hybridized carbons (Fsp3) is 0.462. The third kappa shape index (κ3) is 2.74. The van der Waals surface area contributed by atoms with E-state index in [9.17, 15) is 14.9 Å². The number of carbonyl (C=O) groups is 1. The molecule has 0 amide bonds. The van der Waals surface area contributed by atoms with Crippen molar-refractivity contribution < 1.29 is 14.9 Å². The molecule has 0 aliphatic carbocycles. The van der Waals surface area contributed by atoms with Gasteiger partial charge in [-0.05, 0) is 31.3 Å². The standard InChI is InChI=1S/C13H18BNO3/c1-14(18)15-8-7-11(12(9-15)13(16)17)10-5-3-2-4-6-10/h2-6,11-12,18H,7-9H2,1H3,(H,16,17)/t11-,12-/m0/s1. The summed E-state index contributed by atoms with van der Waals surface area (Å²) >= 11 is 0. The van der Waals surface area contributed by atoms with Gasteiger partial charge in [-0.1, -0.05) is 30.3 Å². The summed E-state index contributed by atoms with van der Waals surface area (Å²) in [6, 6.07) is 9.78. The number of hydrogen-bond acceptors (Lipinski definition) is 3. The number of rotatable bonds is 3. The summed E-state index contributed by atoms with van der Waals surface area (Å²) in [4.78, 5) is 13.2. The minimum atomic E-state index is -0.783. The molecule has 2 rings (SSSR count). The predicted molar refractivity (Wildman–Crippen MR) is 70.3 cm³/mol. The van der Waals surface area contributed by atoms with Crippen LogP contribution in [0.2, 0.25) is 6.82 Å². The second-order valence-electron chi connectivity index (χ2n) is 4.88. The summed E-state index contributed by atoms with van der Waals surface area (Å²) < 4.78 is 0. The van der Waals surface area contributed by atoms with Crippen LogP contribution in [0.5, 0.6) is 0 Å². The van der Waals surface area contributed by atoms with E-state index in [4.69, 9.17) is 0 Å². The van der Waals surface area contributed by atoms with Gasteiger partial charge in [-0.3, -0.25) is 4.79 Å². The highest BCUT2D eigenvalue weighted by Gasteiger charge is 2.36. The van der Waals surface area contributed by atoms with Crippen LogP contribution in [0.25, 0.3) is 0 Å². The molecule has 4 nitrogen and oxygen atoms in total. The van der Waals surface area contributed by atoms with E-state index in [0.29, 0.717) is 6.54 Å². The van der Waals surface area contributed by atoms with Gasteiger partial charge >= 0.3 is 13.0 Å². The number of carboxylic acids is 1. The molecule has 0 aromatic heterocycles. The van der Waals surface area contributed by atoms with E-state index in [-0.39, 0.29) is 5.92 Å². The average molecular weight is 247 g/mol. The van der Waals surface area contributed by atoms with Crippen molar-refractivity contribution in [3.8, 4) is 0 Å². The maximum atomic E-state index is 11.4. The Morgan fingerprint density at radius 2 is 2.06 bits per heavy atom. The van der Waals surface area contributed by atoms with Crippen LogP contribution in [0.1, 0.15) is 17.9 Å². The van der Waals surface area contributed by atoms with Crippen LogP contribution in [-0.2, 0) is 4.79 Å². The second kappa shape index (κ2) is 5.54. The number of carboxylic acid groups (broad SMARTS) is 1. The molecule has 0 spiro atoms. The van der Waals surface area contributed by atoms with E-state index in [1.807, 2.05) is 35.1 Å². The minimum absolute atomic E-state index is 0.0405. The Hall–Kier alpha value is -1.33. The van der Waals surface area contributed by atoms with Crippen molar-refractivity contribution in [3.05, 3.63) is 35.9 Å². The molecule has 1 saturated heterocycles. The maximum absolute atomic E-state index is 11.4. The Morgan fingerprint density at radius 3 is 2.61 bits per heavy atom. The van der Waals surface area contributed by atoms with Gasteiger partial charge in [0.05, 0.1) is 5.92 Å². The van der Waals surface area contributed by atoms with Crippen molar-refractivity contribution in [2.45, 2.75) is 19.2 Å². The first-order valence-electron chi connectivity index (χ1n) is 6.29. The molecule has 0 bridgehead atoms. The van der Waals surface area contributed by atoms with Gasteiger partial charge in [-0.15, -0.1) is 0 Å². The highest BCUT2D eigenvalue weighted by molar-refractivity contribution is 6.45. The van der Waals surface area contributed by atoms with E-state index in [1.165, 1.54) is 0 Å². The Bertz CT molecular complexity index is 410. The van der Waals surface area contributed by atoms with Crippen molar-refractivity contribution in [2.24, 2.45) is 5.92 Å². The summed E-state index contributed by atoms with van der Waals surface area (Å²) in [6.07, 6.45) is 0.770. The minimum Gasteiger partial charge on any atom is -0.481 e. The fourth-order valence-corrected chi connectivity index (χ4v) is 2.67. The van der Waals surface area contributed by atoms with Crippen molar-refractivity contribution >= 4 is 13.0 Å². The molecule has 1 aliphatic rings. The molecule has 5 heteroatoms. The third-order valence-corrected chi connectivity index (χ3v) is 3.72. The molecule has 1 heterocycles. The molecule has 1 aromatic carbocycles. The zero-order valence-electron chi connectivity index (χ0n) is 10.5. The number of nitrogens with zero attached hydrogens (tertiary/aromatic N) is 1. The Kier molecular flexibility index (Phi) is 4.04. The zero-order chi connectivity index (χ0) is 13.1. The lowest BCUT2D eigenvalue weighted by molar-refractivity contribution is -0.143.